The molecule has 12 N–H and O–H groups in total. The first-order valence-corrected chi connectivity index (χ1v) is 13.5. The number of aliphatic imine (C=N–C) groups is 1. The van der Waals surface area contributed by atoms with Crippen LogP contribution >= 0.6 is 0 Å². The zero-order chi connectivity index (χ0) is 30.7. The number of carbonyl (C=O) groups excluding carboxylic acids is 3. The van der Waals surface area contributed by atoms with Gasteiger partial charge in [-0.3, -0.25) is 19.4 Å². The molecule has 6 atom stereocenters. The lowest BCUT2D eigenvalue weighted by atomic mass is 9.97. The molecule has 2 rings (SSSR count). The molecule has 41 heavy (non-hydrogen) atoms. The van der Waals surface area contributed by atoms with Crippen molar-refractivity contribution in [2.24, 2.45) is 28.1 Å². The molecule has 6 unspecified atom stereocenters. The highest BCUT2D eigenvalue weighted by Crippen LogP contribution is 2.20. The van der Waals surface area contributed by atoms with Crippen molar-refractivity contribution in [1.82, 2.24) is 20.9 Å². The lowest BCUT2D eigenvalue weighted by molar-refractivity contribution is -0.144. The first kappa shape index (κ1) is 33.0. The molecule has 3 amide bonds. The van der Waals surface area contributed by atoms with Crippen molar-refractivity contribution in [3.63, 3.8) is 0 Å². The highest BCUT2D eigenvalue weighted by atomic mass is 16.4. The van der Waals surface area contributed by atoms with Gasteiger partial charge in [-0.15, -0.1) is 0 Å². The Bertz CT molecular complexity index is 1230. The maximum atomic E-state index is 13.4. The molecule has 14 nitrogen and oxygen atoms in total. The molecule has 226 valence electrons. The van der Waals surface area contributed by atoms with E-state index in [4.69, 9.17) is 17.2 Å². The minimum absolute atomic E-state index is 0.0131. The molecule has 0 saturated heterocycles. The monoisotopic (exact) mass is 574 g/mol. The molecule has 0 saturated carbocycles. The molecular formula is C27H42N8O6. The van der Waals surface area contributed by atoms with Gasteiger partial charge in [-0.05, 0) is 37.3 Å². The number of benzene rings is 1. The van der Waals surface area contributed by atoms with E-state index in [1.54, 1.807) is 20.0 Å². The number of nitrogens with one attached hydrogen (secondary N) is 4. The quantitative estimate of drug-likeness (QED) is 0.0680. The number of hydrogen-bond donors (Lipinski definition) is 9. The molecule has 0 bridgehead atoms. The third-order valence-electron chi connectivity index (χ3n) is 6.88. The zero-order valence-corrected chi connectivity index (χ0v) is 23.6. The second-order valence-electron chi connectivity index (χ2n) is 10.1. The van der Waals surface area contributed by atoms with E-state index in [9.17, 15) is 29.4 Å². The summed E-state index contributed by atoms with van der Waals surface area (Å²) in [6, 6.07) is 2.54. The maximum Gasteiger partial charge on any atom is 0.326 e. The number of aliphatic carboxylic acids is 1. The second-order valence-corrected chi connectivity index (χ2v) is 10.1. The zero-order valence-electron chi connectivity index (χ0n) is 23.6. The molecule has 0 spiro atoms. The number of carboxylic acid groups (broad SMARTS) is 1. The van der Waals surface area contributed by atoms with E-state index >= 15 is 0 Å². The normalized spacial score (nSPS) is 15.5. The van der Waals surface area contributed by atoms with Crippen LogP contribution in [0.1, 0.15) is 45.6 Å². The fourth-order valence-electron chi connectivity index (χ4n) is 4.24. The molecule has 1 aromatic carbocycles. The second kappa shape index (κ2) is 15.6. The van der Waals surface area contributed by atoms with Crippen LogP contribution in [-0.2, 0) is 25.6 Å². The summed E-state index contributed by atoms with van der Waals surface area (Å²) >= 11 is 0. The number of fused-ring (bicyclic) bond motifs is 1. The Morgan fingerprint density at radius 1 is 1.00 bits per heavy atom. The summed E-state index contributed by atoms with van der Waals surface area (Å²) in [5.74, 6) is -3.90. The van der Waals surface area contributed by atoms with Crippen molar-refractivity contribution in [3.05, 3.63) is 36.0 Å². The van der Waals surface area contributed by atoms with Crippen LogP contribution < -0.4 is 33.2 Å². The van der Waals surface area contributed by atoms with Gasteiger partial charge in [-0.25, -0.2) is 4.79 Å². The van der Waals surface area contributed by atoms with Gasteiger partial charge < -0.3 is 48.3 Å². The van der Waals surface area contributed by atoms with Gasteiger partial charge in [0.25, 0.3) is 0 Å². The molecule has 0 aliphatic heterocycles. The average Bonchev–Trinajstić information content (AvgIpc) is 3.33. The summed E-state index contributed by atoms with van der Waals surface area (Å²) in [6.45, 7) is 5.08. The predicted molar refractivity (Wildman–Crippen MR) is 154 cm³/mol. The van der Waals surface area contributed by atoms with Gasteiger partial charge in [-0.1, -0.05) is 38.5 Å². The van der Waals surface area contributed by atoms with Gasteiger partial charge in [-0.2, -0.15) is 0 Å². The number of guanidine groups is 1. The largest absolute Gasteiger partial charge is 0.480 e. The van der Waals surface area contributed by atoms with E-state index in [1.807, 2.05) is 24.3 Å². The van der Waals surface area contributed by atoms with Crippen LogP contribution in [0.25, 0.3) is 10.9 Å². The molecule has 0 aliphatic carbocycles. The Morgan fingerprint density at radius 3 is 2.27 bits per heavy atom. The number of para-hydroxylation sites is 1. The lowest BCUT2D eigenvalue weighted by Crippen LogP contribution is -2.60. The molecule has 1 aromatic heterocycles. The van der Waals surface area contributed by atoms with Gasteiger partial charge in [0, 0.05) is 30.1 Å². The Morgan fingerprint density at radius 2 is 1.66 bits per heavy atom. The number of aliphatic hydroxyl groups is 1. The third-order valence-corrected chi connectivity index (χ3v) is 6.88. The molecule has 14 heteroatoms. The summed E-state index contributed by atoms with van der Waals surface area (Å²) in [5.41, 5.74) is 18.0. The lowest BCUT2D eigenvalue weighted by Gasteiger charge is -2.27. The Kier molecular flexibility index (Phi) is 12.5. The van der Waals surface area contributed by atoms with Crippen molar-refractivity contribution in [3.8, 4) is 0 Å². The molecule has 0 fully saturated rings. The number of nitrogens with zero attached hydrogens (tertiary/aromatic N) is 1. The van der Waals surface area contributed by atoms with E-state index in [1.165, 1.54) is 6.92 Å². The summed E-state index contributed by atoms with van der Waals surface area (Å²) in [5, 5.41) is 28.4. The van der Waals surface area contributed by atoms with Crippen molar-refractivity contribution < 1.29 is 29.4 Å². The summed E-state index contributed by atoms with van der Waals surface area (Å²) < 4.78 is 0. The number of hydrogen-bond acceptors (Lipinski definition) is 7. The third kappa shape index (κ3) is 9.76. The van der Waals surface area contributed by atoms with E-state index < -0.39 is 54.0 Å². The minimum atomic E-state index is -1.44. The van der Waals surface area contributed by atoms with E-state index in [0.29, 0.717) is 18.4 Å². The van der Waals surface area contributed by atoms with Crippen molar-refractivity contribution in [1.29, 1.82) is 0 Å². The molecule has 2 aromatic rings. The highest BCUT2D eigenvalue weighted by molar-refractivity contribution is 5.95. The standard InChI is InChI=1S/C27H42N8O6/c1-4-14(2)21(26(40)41)34-24(38)20(12-16-13-32-19-10-6-5-8-17(16)19)33-25(39)22(15(3)36)35-23(37)18(28)9-7-11-31-27(29)30/h5-6,8,10,13-15,18,20-22,32,36H,4,7,9,11-12,28H2,1-3H3,(H,33,39)(H,34,38)(H,35,37)(H,40,41)(H4,29,30,31). The average molecular weight is 575 g/mol. The summed E-state index contributed by atoms with van der Waals surface area (Å²) in [7, 11) is 0. The van der Waals surface area contributed by atoms with E-state index in [2.05, 4.69) is 25.9 Å². The number of carbonyl (C=O) groups is 4. The number of aromatic amines is 1. The number of amides is 3. The van der Waals surface area contributed by atoms with Crippen LogP contribution in [0.2, 0.25) is 0 Å². The van der Waals surface area contributed by atoms with Gasteiger partial charge >= 0.3 is 5.97 Å². The fraction of sp³-hybridized carbons (Fsp3) is 0.519. The molecular weight excluding hydrogens is 532 g/mol. The fourth-order valence-corrected chi connectivity index (χ4v) is 4.24. The highest BCUT2D eigenvalue weighted by Gasteiger charge is 2.34. The number of aromatic nitrogens is 1. The Balaban J connectivity index is 2.24. The van der Waals surface area contributed by atoms with Crippen LogP contribution in [0.4, 0.5) is 0 Å². The Labute approximate surface area is 238 Å². The molecule has 1 heterocycles. The van der Waals surface area contributed by atoms with Gasteiger partial charge in [0.2, 0.25) is 17.7 Å². The van der Waals surface area contributed by atoms with E-state index in [0.717, 1.165) is 10.9 Å². The minimum Gasteiger partial charge on any atom is -0.480 e. The number of H-pyrrole nitrogens is 1. The van der Waals surface area contributed by atoms with Crippen LogP contribution in [0.5, 0.6) is 0 Å². The number of rotatable bonds is 16. The predicted octanol–water partition coefficient (Wildman–Crippen LogP) is -0.943. The molecule has 0 radical (unpaired) electrons. The first-order chi connectivity index (χ1) is 19.3. The van der Waals surface area contributed by atoms with Gasteiger partial charge in [0.1, 0.15) is 18.1 Å². The number of aliphatic hydroxyl groups excluding tert-OH is 1. The SMILES string of the molecule is CCC(C)C(NC(=O)C(Cc1c[nH]c2ccccc12)NC(=O)C(NC(=O)C(N)CCCN=C(N)N)C(C)O)C(=O)O. The van der Waals surface area contributed by atoms with Crippen molar-refractivity contribution in [2.45, 2.75) is 76.7 Å². The van der Waals surface area contributed by atoms with Crippen LogP contribution in [0.15, 0.2) is 35.5 Å². The number of nitrogens with two attached hydrogens (primary N) is 3. The van der Waals surface area contributed by atoms with Gasteiger partial charge in [0.05, 0.1) is 12.1 Å². The van der Waals surface area contributed by atoms with Crippen molar-refractivity contribution in [2.75, 3.05) is 6.54 Å². The maximum absolute atomic E-state index is 13.4. The van der Waals surface area contributed by atoms with Crippen LogP contribution in [-0.4, -0.2) is 81.7 Å². The number of carboxylic acids is 1. The topological polar surface area (TPSA) is 251 Å². The summed E-state index contributed by atoms with van der Waals surface area (Å²) in [4.78, 5) is 58.2. The Hall–Kier alpha value is -4.17. The molecule has 0 aliphatic rings. The summed E-state index contributed by atoms with van der Waals surface area (Å²) in [6.07, 6.45) is 1.51. The van der Waals surface area contributed by atoms with Crippen molar-refractivity contribution >= 4 is 40.6 Å². The van der Waals surface area contributed by atoms with Crippen LogP contribution in [0.3, 0.4) is 0 Å². The smallest absolute Gasteiger partial charge is 0.326 e. The first-order valence-electron chi connectivity index (χ1n) is 13.5. The van der Waals surface area contributed by atoms with Crippen LogP contribution in [0, 0.1) is 5.92 Å². The van der Waals surface area contributed by atoms with Gasteiger partial charge in [0.15, 0.2) is 5.96 Å². The van der Waals surface area contributed by atoms with E-state index in [-0.39, 0.29) is 31.3 Å².